The molecule has 1 N–H and O–H groups in total. The van der Waals surface area contributed by atoms with Crippen LogP contribution in [0.15, 0.2) is 28.7 Å². The van der Waals surface area contributed by atoms with E-state index in [2.05, 4.69) is 10.2 Å². The molecule has 6 heteroatoms. The van der Waals surface area contributed by atoms with Crippen molar-refractivity contribution in [1.82, 2.24) is 10.2 Å². The van der Waals surface area contributed by atoms with Gasteiger partial charge in [-0.05, 0) is 30.7 Å². The number of nitrogens with zero attached hydrogens (tertiary/aromatic N) is 2. The second-order valence-corrected chi connectivity index (χ2v) is 4.19. The van der Waals surface area contributed by atoms with Crippen LogP contribution in [0.4, 0.5) is 0 Å². The molecule has 0 aliphatic rings. The Hall–Kier alpha value is -1.88. The number of carboxylic acid groups (broad SMARTS) is 1. The third-order valence-electron chi connectivity index (χ3n) is 2.34. The first kappa shape index (κ1) is 12.6. The van der Waals surface area contributed by atoms with Crippen LogP contribution >= 0.6 is 11.6 Å². The van der Waals surface area contributed by atoms with E-state index in [1.807, 2.05) is 0 Å². The number of halogens is 1. The normalized spacial score (nSPS) is 10.5. The second kappa shape index (κ2) is 5.64. The summed E-state index contributed by atoms with van der Waals surface area (Å²) in [6.45, 7) is 0. The van der Waals surface area contributed by atoms with Gasteiger partial charge in [-0.15, -0.1) is 10.2 Å². The molecule has 0 saturated carbocycles. The third kappa shape index (κ3) is 3.30. The first-order valence-electron chi connectivity index (χ1n) is 5.45. The van der Waals surface area contributed by atoms with E-state index >= 15 is 0 Å². The number of aryl methyl sites for hydroxylation is 1. The standard InChI is InChI=1S/C12H11ClN2O3/c13-9-6-4-8(5-7-9)12-15-14-10(18-12)2-1-3-11(16)17/h4-7H,1-3H2,(H,16,17). The number of hydrogen-bond acceptors (Lipinski definition) is 4. The largest absolute Gasteiger partial charge is 0.481 e. The maximum absolute atomic E-state index is 10.4. The van der Waals surface area contributed by atoms with Crippen molar-refractivity contribution >= 4 is 17.6 Å². The Morgan fingerprint density at radius 2 is 2.00 bits per heavy atom. The van der Waals surface area contributed by atoms with Crippen LogP contribution in [0.25, 0.3) is 11.5 Å². The average molecular weight is 267 g/mol. The van der Waals surface area contributed by atoms with Crippen LogP contribution in [0.1, 0.15) is 18.7 Å². The molecular formula is C12H11ClN2O3. The molecular weight excluding hydrogens is 256 g/mol. The van der Waals surface area contributed by atoms with E-state index < -0.39 is 5.97 Å². The molecule has 0 amide bonds. The molecule has 0 saturated heterocycles. The maximum Gasteiger partial charge on any atom is 0.303 e. The van der Waals surface area contributed by atoms with Crippen molar-refractivity contribution in [2.24, 2.45) is 0 Å². The lowest BCUT2D eigenvalue weighted by Gasteiger charge is -1.94. The van der Waals surface area contributed by atoms with E-state index in [0.717, 1.165) is 5.56 Å². The molecule has 0 radical (unpaired) electrons. The van der Waals surface area contributed by atoms with E-state index in [9.17, 15) is 4.79 Å². The molecule has 0 atom stereocenters. The Morgan fingerprint density at radius 1 is 1.28 bits per heavy atom. The summed E-state index contributed by atoms with van der Waals surface area (Å²) in [4.78, 5) is 10.4. The molecule has 0 spiro atoms. The summed E-state index contributed by atoms with van der Waals surface area (Å²) in [6.07, 6.45) is 1.04. The first-order chi connectivity index (χ1) is 8.65. The molecule has 0 aliphatic carbocycles. The summed E-state index contributed by atoms with van der Waals surface area (Å²) in [5.41, 5.74) is 0.788. The van der Waals surface area contributed by atoms with Crippen LogP contribution in [0, 0.1) is 0 Å². The van der Waals surface area contributed by atoms with E-state index in [1.165, 1.54) is 0 Å². The van der Waals surface area contributed by atoms with Gasteiger partial charge in [0.25, 0.3) is 0 Å². The molecule has 18 heavy (non-hydrogen) atoms. The summed E-state index contributed by atoms with van der Waals surface area (Å²) in [6, 6.07) is 7.06. The fourth-order valence-corrected chi connectivity index (χ4v) is 1.58. The highest BCUT2D eigenvalue weighted by Gasteiger charge is 2.08. The van der Waals surface area contributed by atoms with Crippen LogP contribution in [0.5, 0.6) is 0 Å². The number of aliphatic carboxylic acids is 1. The summed E-state index contributed by atoms with van der Waals surface area (Å²) in [5, 5.41) is 16.9. The highest BCUT2D eigenvalue weighted by molar-refractivity contribution is 6.30. The zero-order valence-corrected chi connectivity index (χ0v) is 10.2. The number of rotatable bonds is 5. The third-order valence-corrected chi connectivity index (χ3v) is 2.59. The van der Waals surface area contributed by atoms with Crippen molar-refractivity contribution in [3.63, 3.8) is 0 Å². The highest BCUT2D eigenvalue weighted by Crippen LogP contribution is 2.20. The number of carbonyl (C=O) groups is 1. The molecule has 2 aromatic rings. The van der Waals surface area contributed by atoms with Crippen molar-refractivity contribution in [2.75, 3.05) is 0 Å². The maximum atomic E-state index is 10.4. The fraction of sp³-hybridized carbons (Fsp3) is 0.250. The van der Waals surface area contributed by atoms with Gasteiger partial charge in [0, 0.05) is 23.4 Å². The van der Waals surface area contributed by atoms with Crippen molar-refractivity contribution in [3.8, 4) is 11.5 Å². The highest BCUT2D eigenvalue weighted by atomic mass is 35.5. The molecule has 5 nitrogen and oxygen atoms in total. The molecule has 0 aliphatic heterocycles. The smallest absolute Gasteiger partial charge is 0.303 e. The molecule has 0 bridgehead atoms. The van der Waals surface area contributed by atoms with Crippen molar-refractivity contribution in [1.29, 1.82) is 0 Å². The van der Waals surface area contributed by atoms with E-state index in [-0.39, 0.29) is 6.42 Å². The van der Waals surface area contributed by atoms with Gasteiger partial charge in [-0.2, -0.15) is 0 Å². The Balaban J connectivity index is 2.01. The summed E-state index contributed by atoms with van der Waals surface area (Å²) < 4.78 is 5.43. The first-order valence-corrected chi connectivity index (χ1v) is 5.83. The minimum Gasteiger partial charge on any atom is -0.481 e. The van der Waals surface area contributed by atoms with E-state index in [4.69, 9.17) is 21.1 Å². The molecule has 1 heterocycles. The van der Waals surface area contributed by atoms with Crippen LogP contribution < -0.4 is 0 Å². The Labute approximate surface area is 108 Å². The molecule has 2 rings (SSSR count). The minimum atomic E-state index is -0.826. The lowest BCUT2D eigenvalue weighted by atomic mass is 10.2. The van der Waals surface area contributed by atoms with Crippen LogP contribution in [0.2, 0.25) is 5.02 Å². The second-order valence-electron chi connectivity index (χ2n) is 3.76. The van der Waals surface area contributed by atoms with Gasteiger partial charge in [0.2, 0.25) is 11.8 Å². The van der Waals surface area contributed by atoms with Gasteiger partial charge >= 0.3 is 5.97 Å². The molecule has 0 unspecified atom stereocenters. The van der Waals surface area contributed by atoms with Gasteiger partial charge in [-0.3, -0.25) is 4.79 Å². The summed E-state index contributed by atoms with van der Waals surface area (Å²) in [7, 11) is 0. The van der Waals surface area contributed by atoms with Gasteiger partial charge in [0.15, 0.2) is 0 Å². The van der Waals surface area contributed by atoms with Gasteiger partial charge in [-0.25, -0.2) is 0 Å². The Bertz CT molecular complexity index is 537. The van der Waals surface area contributed by atoms with Crippen molar-refractivity contribution in [3.05, 3.63) is 35.2 Å². The number of aromatic nitrogens is 2. The number of carboxylic acids is 1. The van der Waals surface area contributed by atoms with E-state index in [1.54, 1.807) is 24.3 Å². The van der Waals surface area contributed by atoms with E-state index in [0.29, 0.717) is 29.6 Å². The predicted molar refractivity (Wildman–Crippen MR) is 65.3 cm³/mol. The fourth-order valence-electron chi connectivity index (χ4n) is 1.45. The molecule has 0 fully saturated rings. The Kier molecular flexibility index (Phi) is 3.94. The Morgan fingerprint density at radius 3 is 2.67 bits per heavy atom. The van der Waals surface area contributed by atoms with Gasteiger partial charge in [0.05, 0.1) is 0 Å². The van der Waals surface area contributed by atoms with Crippen molar-refractivity contribution in [2.45, 2.75) is 19.3 Å². The predicted octanol–water partition coefficient (Wildman–Crippen LogP) is 2.80. The minimum absolute atomic E-state index is 0.0959. The molecule has 1 aromatic heterocycles. The van der Waals surface area contributed by atoms with Gasteiger partial charge in [-0.1, -0.05) is 11.6 Å². The zero-order valence-electron chi connectivity index (χ0n) is 9.47. The number of hydrogen-bond donors (Lipinski definition) is 1. The quantitative estimate of drug-likeness (QED) is 0.900. The topological polar surface area (TPSA) is 76.2 Å². The number of benzene rings is 1. The van der Waals surface area contributed by atoms with Crippen LogP contribution in [-0.2, 0) is 11.2 Å². The van der Waals surface area contributed by atoms with Gasteiger partial charge in [0.1, 0.15) is 0 Å². The summed E-state index contributed by atoms with van der Waals surface area (Å²) >= 11 is 5.78. The lowest BCUT2D eigenvalue weighted by Crippen LogP contribution is -1.95. The van der Waals surface area contributed by atoms with Crippen LogP contribution in [-0.4, -0.2) is 21.3 Å². The SMILES string of the molecule is O=C(O)CCCc1nnc(-c2ccc(Cl)cc2)o1. The molecule has 94 valence electrons. The molecule has 1 aromatic carbocycles. The van der Waals surface area contributed by atoms with Crippen molar-refractivity contribution < 1.29 is 14.3 Å². The zero-order chi connectivity index (χ0) is 13.0. The lowest BCUT2D eigenvalue weighted by molar-refractivity contribution is -0.137. The average Bonchev–Trinajstić information content (AvgIpc) is 2.78. The van der Waals surface area contributed by atoms with Crippen LogP contribution in [0.3, 0.4) is 0 Å². The monoisotopic (exact) mass is 266 g/mol. The van der Waals surface area contributed by atoms with Gasteiger partial charge < -0.3 is 9.52 Å². The summed E-state index contributed by atoms with van der Waals surface area (Å²) in [5.74, 6) is 0.0330.